The summed E-state index contributed by atoms with van der Waals surface area (Å²) in [6, 6.07) is 0.0764. The average molecular weight is 196 g/mol. The summed E-state index contributed by atoms with van der Waals surface area (Å²) in [5.74, 6) is 0.255. The topological polar surface area (TPSA) is 46.3 Å². The van der Waals surface area contributed by atoms with Crippen LogP contribution in [0.1, 0.15) is 39.0 Å². The molecule has 1 atom stereocenters. The van der Waals surface area contributed by atoms with Crippen LogP contribution in [0, 0.1) is 5.41 Å². The van der Waals surface area contributed by atoms with Gasteiger partial charge in [0.15, 0.2) is 0 Å². The predicted molar refractivity (Wildman–Crippen MR) is 55.7 cm³/mol. The van der Waals surface area contributed by atoms with Gasteiger partial charge in [-0.2, -0.15) is 0 Å². The fourth-order valence-corrected chi connectivity index (χ4v) is 2.80. The summed E-state index contributed by atoms with van der Waals surface area (Å²) >= 11 is 0. The third kappa shape index (κ3) is 1.92. The lowest BCUT2D eigenvalue weighted by Crippen LogP contribution is -2.36. The van der Waals surface area contributed by atoms with Gasteiger partial charge in [-0.25, -0.2) is 0 Å². The number of nitrogens with zero attached hydrogens (tertiary/aromatic N) is 1. The minimum atomic E-state index is 0.0764. The summed E-state index contributed by atoms with van der Waals surface area (Å²) < 4.78 is 0. The van der Waals surface area contributed by atoms with Crippen molar-refractivity contribution in [2.45, 2.75) is 45.1 Å². The van der Waals surface area contributed by atoms with E-state index >= 15 is 0 Å². The van der Waals surface area contributed by atoms with Crippen LogP contribution in [0.15, 0.2) is 0 Å². The van der Waals surface area contributed by atoms with Crippen LogP contribution in [0.5, 0.6) is 0 Å². The highest BCUT2D eigenvalue weighted by atomic mass is 16.2. The van der Waals surface area contributed by atoms with Gasteiger partial charge in [-0.15, -0.1) is 0 Å². The van der Waals surface area contributed by atoms with Gasteiger partial charge < -0.3 is 10.6 Å². The Morgan fingerprint density at radius 2 is 2.14 bits per heavy atom. The van der Waals surface area contributed by atoms with Gasteiger partial charge in [-0.05, 0) is 18.3 Å². The third-order valence-electron chi connectivity index (χ3n) is 3.63. The van der Waals surface area contributed by atoms with Crippen molar-refractivity contribution in [2.75, 3.05) is 13.1 Å². The molecule has 1 saturated heterocycles. The van der Waals surface area contributed by atoms with E-state index in [0.29, 0.717) is 11.8 Å². The Bertz CT molecular complexity index is 233. The van der Waals surface area contributed by atoms with Crippen LogP contribution in [0.25, 0.3) is 0 Å². The summed E-state index contributed by atoms with van der Waals surface area (Å²) in [4.78, 5) is 13.5. The molecule has 0 bridgehead atoms. The van der Waals surface area contributed by atoms with E-state index in [1.165, 1.54) is 25.7 Å². The first-order chi connectivity index (χ1) is 6.59. The maximum atomic E-state index is 11.6. The molecule has 0 spiro atoms. The van der Waals surface area contributed by atoms with Gasteiger partial charge in [0.05, 0.1) is 0 Å². The third-order valence-corrected chi connectivity index (χ3v) is 3.63. The summed E-state index contributed by atoms with van der Waals surface area (Å²) in [6.45, 7) is 4.01. The molecule has 1 amide bonds. The molecule has 2 fully saturated rings. The molecule has 1 aliphatic carbocycles. The Morgan fingerprint density at radius 1 is 1.50 bits per heavy atom. The van der Waals surface area contributed by atoms with E-state index in [2.05, 4.69) is 6.92 Å². The Balaban J connectivity index is 1.93. The molecule has 0 radical (unpaired) electrons. The first-order valence-corrected chi connectivity index (χ1v) is 5.62. The number of hydrogen-bond acceptors (Lipinski definition) is 2. The van der Waals surface area contributed by atoms with Crippen molar-refractivity contribution >= 4 is 5.91 Å². The van der Waals surface area contributed by atoms with Gasteiger partial charge in [-0.3, -0.25) is 4.79 Å². The standard InChI is InChI=1S/C11H20N2O/c1-11(4-2-3-5-11)8-13-7-9(12)6-10(13)14/h9H,2-8,12H2,1H3. The molecule has 80 valence electrons. The van der Waals surface area contributed by atoms with Crippen LogP contribution in [-0.2, 0) is 4.79 Å². The summed E-state index contributed by atoms with van der Waals surface area (Å²) in [5, 5.41) is 0. The van der Waals surface area contributed by atoms with Gasteiger partial charge >= 0.3 is 0 Å². The molecule has 0 aromatic rings. The van der Waals surface area contributed by atoms with E-state index in [4.69, 9.17) is 5.73 Å². The number of likely N-dealkylation sites (tertiary alicyclic amines) is 1. The van der Waals surface area contributed by atoms with Gasteiger partial charge in [0.1, 0.15) is 0 Å². The fraction of sp³-hybridized carbons (Fsp3) is 0.909. The summed E-state index contributed by atoms with van der Waals surface area (Å²) in [6.07, 6.45) is 5.74. The second-order valence-corrected chi connectivity index (χ2v) is 5.26. The average Bonchev–Trinajstić information content (AvgIpc) is 2.61. The smallest absolute Gasteiger partial charge is 0.224 e. The van der Waals surface area contributed by atoms with Crippen molar-refractivity contribution in [1.29, 1.82) is 0 Å². The van der Waals surface area contributed by atoms with Crippen molar-refractivity contribution < 1.29 is 4.79 Å². The maximum absolute atomic E-state index is 11.6. The van der Waals surface area contributed by atoms with Gasteiger partial charge in [0.2, 0.25) is 5.91 Å². The lowest BCUT2D eigenvalue weighted by atomic mass is 9.88. The lowest BCUT2D eigenvalue weighted by molar-refractivity contribution is -0.129. The molecule has 1 unspecified atom stereocenters. The molecular formula is C11H20N2O. The minimum Gasteiger partial charge on any atom is -0.341 e. The molecule has 3 nitrogen and oxygen atoms in total. The zero-order valence-corrected chi connectivity index (χ0v) is 8.96. The van der Waals surface area contributed by atoms with E-state index in [1.54, 1.807) is 0 Å². The molecule has 0 aromatic carbocycles. The van der Waals surface area contributed by atoms with Crippen LogP contribution in [0.3, 0.4) is 0 Å². The summed E-state index contributed by atoms with van der Waals surface area (Å²) in [5.41, 5.74) is 6.15. The van der Waals surface area contributed by atoms with E-state index in [0.717, 1.165) is 13.1 Å². The molecule has 3 heteroatoms. The highest BCUT2D eigenvalue weighted by Crippen LogP contribution is 2.38. The molecule has 0 aromatic heterocycles. The Morgan fingerprint density at radius 3 is 2.64 bits per heavy atom. The highest BCUT2D eigenvalue weighted by molar-refractivity contribution is 5.79. The van der Waals surface area contributed by atoms with E-state index in [-0.39, 0.29) is 11.9 Å². The lowest BCUT2D eigenvalue weighted by Gasteiger charge is -2.29. The van der Waals surface area contributed by atoms with E-state index in [9.17, 15) is 4.79 Å². The van der Waals surface area contributed by atoms with Crippen LogP contribution in [0.2, 0.25) is 0 Å². The van der Waals surface area contributed by atoms with Gasteiger partial charge in [0.25, 0.3) is 0 Å². The second kappa shape index (κ2) is 3.54. The summed E-state index contributed by atoms with van der Waals surface area (Å²) in [7, 11) is 0. The van der Waals surface area contributed by atoms with Crippen LogP contribution < -0.4 is 5.73 Å². The second-order valence-electron chi connectivity index (χ2n) is 5.26. The Labute approximate surface area is 85.6 Å². The zero-order valence-electron chi connectivity index (χ0n) is 8.96. The molecule has 1 heterocycles. The monoisotopic (exact) mass is 196 g/mol. The molecule has 14 heavy (non-hydrogen) atoms. The van der Waals surface area contributed by atoms with Crippen LogP contribution in [0.4, 0.5) is 0 Å². The van der Waals surface area contributed by atoms with Crippen molar-refractivity contribution in [3.63, 3.8) is 0 Å². The van der Waals surface area contributed by atoms with E-state index in [1.807, 2.05) is 4.90 Å². The predicted octanol–water partition coefficient (Wildman–Crippen LogP) is 1.13. The first kappa shape index (κ1) is 9.97. The largest absolute Gasteiger partial charge is 0.341 e. The quantitative estimate of drug-likeness (QED) is 0.719. The molecule has 2 rings (SSSR count). The van der Waals surface area contributed by atoms with Crippen LogP contribution >= 0.6 is 0 Å². The Hall–Kier alpha value is -0.570. The Kier molecular flexibility index (Phi) is 2.52. The van der Waals surface area contributed by atoms with Crippen molar-refractivity contribution in [3.8, 4) is 0 Å². The van der Waals surface area contributed by atoms with Crippen molar-refractivity contribution in [1.82, 2.24) is 4.90 Å². The maximum Gasteiger partial charge on any atom is 0.224 e. The number of hydrogen-bond donors (Lipinski definition) is 1. The van der Waals surface area contributed by atoms with Crippen molar-refractivity contribution in [3.05, 3.63) is 0 Å². The first-order valence-electron chi connectivity index (χ1n) is 5.62. The number of amides is 1. The van der Waals surface area contributed by atoms with Gasteiger partial charge in [0, 0.05) is 25.6 Å². The number of nitrogens with two attached hydrogens (primary N) is 1. The normalized spacial score (nSPS) is 31.4. The van der Waals surface area contributed by atoms with Crippen molar-refractivity contribution in [2.24, 2.45) is 11.1 Å². The SMILES string of the molecule is CC1(CN2CC(N)CC2=O)CCCC1. The van der Waals surface area contributed by atoms with Gasteiger partial charge in [-0.1, -0.05) is 19.8 Å². The van der Waals surface area contributed by atoms with E-state index < -0.39 is 0 Å². The fourth-order valence-electron chi connectivity index (χ4n) is 2.80. The zero-order chi connectivity index (χ0) is 10.2. The molecule has 2 aliphatic rings. The molecule has 2 N–H and O–H groups in total. The number of carbonyl (C=O) groups excluding carboxylic acids is 1. The van der Waals surface area contributed by atoms with Crippen LogP contribution in [-0.4, -0.2) is 29.9 Å². The molecular weight excluding hydrogens is 176 g/mol. The minimum absolute atomic E-state index is 0.0764. The number of rotatable bonds is 2. The molecule has 1 saturated carbocycles. The molecule has 1 aliphatic heterocycles. The number of carbonyl (C=O) groups is 1. The highest BCUT2D eigenvalue weighted by Gasteiger charge is 2.35.